The predicted molar refractivity (Wildman–Crippen MR) is 175 cm³/mol. The summed E-state index contributed by atoms with van der Waals surface area (Å²) >= 11 is 5.52. The van der Waals surface area contributed by atoms with Gasteiger partial charge >= 0.3 is 6.09 Å². The van der Waals surface area contributed by atoms with E-state index in [1.165, 1.54) is 27.2 Å². The molecule has 0 N–H and O–H groups in total. The van der Waals surface area contributed by atoms with Gasteiger partial charge in [0.05, 0.1) is 106 Å². The van der Waals surface area contributed by atoms with Crippen molar-refractivity contribution in [2.24, 2.45) is 0 Å². The molecule has 258 valence electrons. The number of hydrogen-bond acceptors (Lipinski definition) is 10. The van der Waals surface area contributed by atoms with E-state index in [1.54, 1.807) is 7.05 Å². The Labute approximate surface area is 278 Å². The molecular formula is C34H50ClNO10. The Morgan fingerprint density at radius 3 is 1.30 bits per heavy atom. The van der Waals surface area contributed by atoms with E-state index >= 15 is 0 Å². The molecule has 0 atom stereocenters. The number of carbonyl (C=O) groups excluding carboxylic acids is 1. The molecule has 0 spiro atoms. The van der Waals surface area contributed by atoms with Crippen LogP contribution in [0.25, 0.3) is 11.1 Å². The van der Waals surface area contributed by atoms with E-state index in [2.05, 4.69) is 24.3 Å². The molecule has 1 aliphatic rings. The highest BCUT2D eigenvalue weighted by atomic mass is 35.5. The Kier molecular flexibility index (Phi) is 20.6. The summed E-state index contributed by atoms with van der Waals surface area (Å²) in [6.07, 6.45) is -0.362. The SMILES string of the molecule is CN(CCOCCOCCOCCOCCOCCOCCOCCOCCCl)C(=O)OCC1c2ccccc2-c2ccccc21. The number of carbonyl (C=O) groups is 1. The second kappa shape index (κ2) is 24.8. The van der Waals surface area contributed by atoms with E-state index in [9.17, 15) is 4.79 Å². The van der Waals surface area contributed by atoms with E-state index < -0.39 is 0 Å². The Hall–Kier alpha value is -2.32. The predicted octanol–water partition coefficient (Wildman–Crippen LogP) is 4.24. The molecular weight excluding hydrogens is 618 g/mol. The molecule has 2 aromatic rings. The molecule has 0 aromatic heterocycles. The Bertz CT molecular complexity index is 1030. The topological polar surface area (TPSA) is 103 Å². The second-order valence-electron chi connectivity index (χ2n) is 10.3. The molecule has 0 heterocycles. The number of halogens is 1. The van der Waals surface area contributed by atoms with Crippen molar-refractivity contribution in [2.75, 3.05) is 132 Å². The van der Waals surface area contributed by atoms with Crippen LogP contribution < -0.4 is 0 Å². The maximum absolute atomic E-state index is 12.6. The maximum Gasteiger partial charge on any atom is 0.409 e. The van der Waals surface area contributed by atoms with Gasteiger partial charge in [0.15, 0.2) is 0 Å². The van der Waals surface area contributed by atoms with Gasteiger partial charge < -0.3 is 47.5 Å². The van der Waals surface area contributed by atoms with Crippen LogP contribution in [0.3, 0.4) is 0 Å². The standard InChI is InChI=1S/C34H50ClNO10/c1-36(34(37)46-28-33-31-8-4-2-6-29(31)30-7-3-5-9-32(30)33)11-13-39-15-17-41-19-21-43-23-25-45-27-26-44-24-22-42-20-18-40-16-14-38-12-10-35/h2-9,33H,10-28H2,1H3. The van der Waals surface area contributed by atoms with Crippen LogP contribution in [0.1, 0.15) is 17.0 Å². The van der Waals surface area contributed by atoms with Crippen LogP contribution in [-0.2, 0) is 42.6 Å². The highest BCUT2D eigenvalue weighted by Crippen LogP contribution is 2.44. The number of ether oxygens (including phenoxy) is 9. The van der Waals surface area contributed by atoms with Crippen molar-refractivity contribution in [1.29, 1.82) is 0 Å². The number of benzene rings is 2. The number of nitrogens with zero attached hydrogens (tertiary/aromatic N) is 1. The van der Waals surface area contributed by atoms with Crippen molar-refractivity contribution in [3.63, 3.8) is 0 Å². The third kappa shape index (κ3) is 15.1. The van der Waals surface area contributed by atoms with Crippen LogP contribution in [0.15, 0.2) is 48.5 Å². The molecule has 0 unspecified atom stereocenters. The summed E-state index contributed by atoms with van der Waals surface area (Å²) in [5, 5.41) is 0. The summed E-state index contributed by atoms with van der Waals surface area (Å²) < 4.78 is 49.2. The molecule has 0 aliphatic heterocycles. The van der Waals surface area contributed by atoms with Crippen LogP contribution in [0.2, 0.25) is 0 Å². The number of alkyl halides is 1. The Balaban J connectivity index is 1.04. The fourth-order valence-electron chi connectivity index (χ4n) is 4.69. The van der Waals surface area contributed by atoms with Crippen LogP contribution in [0.4, 0.5) is 4.79 Å². The highest BCUT2D eigenvalue weighted by molar-refractivity contribution is 6.17. The van der Waals surface area contributed by atoms with Gasteiger partial charge in [-0.2, -0.15) is 0 Å². The van der Waals surface area contributed by atoms with E-state index in [4.69, 9.17) is 54.2 Å². The van der Waals surface area contributed by atoms with Crippen molar-refractivity contribution >= 4 is 17.7 Å². The molecule has 0 fully saturated rings. The lowest BCUT2D eigenvalue weighted by molar-refractivity contribution is -0.0231. The molecule has 1 amide bonds. The first-order valence-corrected chi connectivity index (χ1v) is 16.5. The fourth-order valence-corrected chi connectivity index (χ4v) is 4.80. The lowest BCUT2D eigenvalue weighted by Gasteiger charge is -2.19. The second-order valence-corrected chi connectivity index (χ2v) is 10.7. The average molecular weight is 668 g/mol. The summed E-state index contributed by atoms with van der Waals surface area (Å²) in [5.74, 6) is 0.536. The third-order valence-corrected chi connectivity index (χ3v) is 7.20. The van der Waals surface area contributed by atoms with Crippen LogP contribution >= 0.6 is 11.6 Å². The lowest BCUT2D eigenvalue weighted by Crippen LogP contribution is -2.32. The van der Waals surface area contributed by atoms with Gasteiger partial charge in [0.2, 0.25) is 0 Å². The van der Waals surface area contributed by atoms with Gasteiger partial charge in [-0.1, -0.05) is 48.5 Å². The Morgan fingerprint density at radius 1 is 0.565 bits per heavy atom. The van der Waals surface area contributed by atoms with E-state index in [0.29, 0.717) is 125 Å². The van der Waals surface area contributed by atoms with E-state index in [1.807, 2.05) is 24.3 Å². The van der Waals surface area contributed by atoms with Gasteiger partial charge in [0.25, 0.3) is 0 Å². The third-order valence-electron chi connectivity index (χ3n) is 7.04. The van der Waals surface area contributed by atoms with E-state index in [0.717, 1.165) is 0 Å². The van der Waals surface area contributed by atoms with Gasteiger partial charge in [0, 0.05) is 25.4 Å². The zero-order valence-corrected chi connectivity index (χ0v) is 27.8. The molecule has 2 aromatic carbocycles. The smallest absolute Gasteiger partial charge is 0.409 e. The minimum atomic E-state index is -0.362. The zero-order chi connectivity index (χ0) is 32.5. The van der Waals surface area contributed by atoms with Crippen molar-refractivity contribution in [2.45, 2.75) is 5.92 Å². The monoisotopic (exact) mass is 667 g/mol. The number of likely N-dealkylation sites (N-methyl/N-ethyl adjacent to an activating group) is 1. The molecule has 1 aliphatic carbocycles. The summed E-state index contributed by atoms with van der Waals surface area (Å²) in [5.41, 5.74) is 4.80. The van der Waals surface area contributed by atoms with Crippen LogP contribution in [-0.4, -0.2) is 143 Å². The van der Waals surface area contributed by atoms with Gasteiger partial charge in [0.1, 0.15) is 6.61 Å². The first-order valence-electron chi connectivity index (χ1n) is 16.0. The zero-order valence-electron chi connectivity index (χ0n) is 27.0. The highest BCUT2D eigenvalue weighted by Gasteiger charge is 2.29. The maximum atomic E-state index is 12.6. The minimum Gasteiger partial charge on any atom is -0.448 e. The van der Waals surface area contributed by atoms with Gasteiger partial charge in [-0.05, 0) is 22.3 Å². The molecule has 3 rings (SSSR count). The first-order chi connectivity index (χ1) is 22.7. The molecule has 0 saturated carbocycles. The summed E-state index contributed by atoms with van der Waals surface area (Å²) in [6.45, 7) is 8.64. The van der Waals surface area contributed by atoms with Gasteiger partial charge in [-0.3, -0.25) is 0 Å². The number of amides is 1. The number of hydrogen-bond donors (Lipinski definition) is 0. The Morgan fingerprint density at radius 2 is 0.913 bits per heavy atom. The van der Waals surface area contributed by atoms with Gasteiger partial charge in [-0.25, -0.2) is 4.79 Å². The summed E-state index contributed by atoms with van der Waals surface area (Å²) in [4.78, 5) is 14.1. The average Bonchev–Trinajstić information content (AvgIpc) is 3.40. The lowest BCUT2D eigenvalue weighted by atomic mass is 9.98. The van der Waals surface area contributed by atoms with Crippen molar-refractivity contribution < 1.29 is 47.4 Å². The van der Waals surface area contributed by atoms with Crippen molar-refractivity contribution in [3.8, 4) is 11.1 Å². The summed E-state index contributed by atoms with van der Waals surface area (Å²) in [7, 11) is 1.71. The largest absolute Gasteiger partial charge is 0.448 e. The van der Waals surface area contributed by atoms with E-state index in [-0.39, 0.29) is 12.0 Å². The first kappa shape index (κ1) is 38.1. The van der Waals surface area contributed by atoms with Crippen LogP contribution in [0, 0.1) is 0 Å². The molecule has 11 nitrogen and oxygen atoms in total. The normalized spacial score (nSPS) is 12.3. The molecule has 0 bridgehead atoms. The number of fused-ring (bicyclic) bond motifs is 3. The molecule has 0 saturated heterocycles. The minimum absolute atomic E-state index is 0.0427. The molecule has 12 heteroatoms. The van der Waals surface area contributed by atoms with Crippen molar-refractivity contribution in [1.82, 2.24) is 4.90 Å². The number of rotatable bonds is 28. The van der Waals surface area contributed by atoms with Gasteiger partial charge in [-0.15, -0.1) is 11.6 Å². The van der Waals surface area contributed by atoms with Crippen LogP contribution in [0.5, 0.6) is 0 Å². The summed E-state index contributed by atoms with van der Waals surface area (Å²) in [6, 6.07) is 16.6. The fraction of sp³-hybridized carbons (Fsp3) is 0.618. The molecule has 46 heavy (non-hydrogen) atoms. The van der Waals surface area contributed by atoms with Crippen molar-refractivity contribution in [3.05, 3.63) is 59.7 Å². The molecule has 0 radical (unpaired) electrons. The quantitative estimate of drug-likeness (QED) is 0.0967.